The fourth-order valence-corrected chi connectivity index (χ4v) is 3.40. The van der Waals surface area contributed by atoms with Crippen LogP contribution in [0.25, 0.3) is 16.6 Å². The standard InChI is InChI=1S/C19H23N5O/c1-2-9-20-19(25)23-13-11-22(12-14-23)18-17-8-5-10-24(17)16-7-4-3-6-15(16)21-18/h3-8,10H,2,9,11-14H2,1H3,(H,20,25). The number of benzene rings is 1. The zero-order valence-electron chi connectivity index (χ0n) is 14.5. The van der Waals surface area contributed by atoms with E-state index in [-0.39, 0.29) is 6.03 Å². The summed E-state index contributed by atoms with van der Waals surface area (Å²) in [5, 5.41) is 2.96. The smallest absolute Gasteiger partial charge is 0.317 e. The van der Waals surface area contributed by atoms with Gasteiger partial charge in [-0.2, -0.15) is 0 Å². The Morgan fingerprint density at radius 3 is 2.64 bits per heavy atom. The lowest BCUT2D eigenvalue weighted by atomic mass is 10.2. The van der Waals surface area contributed by atoms with Crippen LogP contribution in [-0.4, -0.2) is 53.0 Å². The highest BCUT2D eigenvalue weighted by molar-refractivity contribution is 5.85. The third kappa shape index (κ3) is 2.88. The van der Waals surface area contributed by atoms with Gasteiger partial charge in [0.05, 0.1) is 16.6 Å². The molecule has 2 amide bonds. The first-order chi connectivity index (χ1) is 12.3. The van der Waals surface area contributed by atoms with Crippen molar-refractivity contribution in [3.8, 4) is 0 Å². The number of rotatable bonds is 3. The molecule has 1 aliphatic rings. The van der Waals surface area contributed by atoms with Gasteiger partial charge in [0.25, 0.3) is 0 Å². The van der Waals surface area contributed by atoms with Crippen LogP contribution >= 0.6 is 0 Å². The first kappa shape index (κ1) is 15.7. The Hall–Kier alpha value is -2.76. The van der Waals surface area contributed by atoms with Crippen molar-refractivity contribution >= 4 is 28.4 Å². The van der Waals surface area contributed by atoms with E-state index >= 15 is 0 Å². The van der Waals surface area contributed by atoms with Crippen LogP contribution in [0, 0.1) is 0 Å². The first-order valence-corrected chi connectivity index (χ1v) is 8.91. The van der Waals surface area contributed by atoms with Crippen molar-refractivity contribution in [1.29, 1.82) is 0 Å². The van der Waals surface area contributed by atoms with Crippen LogP contribution in [-0.2, 0) is 0 Å². The zero-order chi connectivity index (χ0) is 17.2. The summed E-state index contributed by atoms with van der Waals surface area (Å²) in [4.78, 5) is 21.2. The zero-order valence-corrected chi connectivity index (χ0v) is 14.5. The molecule has 0 aliphatic carbocycles. The highest BCUT2D eigenvalue weighted by atomic mass is 16.2. The van der Waals surface area contributed by atoms with Gasteiger partial charge < -0.3 is 19.5 Å². The summed E-state index contributed by atoms with van der Waals surface area (Å²) in [6.07, 6.45) is 3.04. The average Bonchev–Trinajstić information content (AvgIpc) is 3.16. The monoisotopic (exact) mass is 337 g/mol. The van der Waals surface area contributed by atoms with Crippen molar-refractivity contribution in [3.05, 3.63) is 42.6 Å². The molecule has 0 saturated carbocycles. The summed E-state index contributed by atoms with van der Waals surface area (Å²) in [6.45, 7) is 5.83. The average molecular weight is 337 g/mol. The molecule has 6 nitrogen and oxygen atoms in total. The quantitative estimate of drug-likeness (QED) is 0.799. The maximum absolute atomic E-state index is 12.1. The molecule has 3 aromatic rings. The molecule has 6 heteroatoms. The van der Waals surface area contributed by atoms with E-state index in [1.54, 1.807) is 0 Å². The number of carbonyl (C=O) groups excluding carboxylic acids is 1. The van der Waals surface area contributed by atoms with Gasteiger partial charge >= 0.3 is 6.03 Å². The van der Waals surface area contributed by atoms with Gasteiger partial charge in [-0.1, -0.05) is 19.1 Å². The number of aromatic nitrogens is 2. The fraction of sp³-hybridized carbons (Fsp3) is 0.368. The second-order valence-corrected chi connectivity index (χ2v) is 6.39. The molecule has 0 bridgehead atoms. The van der Waals surface area contributed by atoms with E-state index < -0.39 is 0 Å². The van der Waals surface area contributed by atoms with E-state index in [4.69, 9.17) is 4.98 Å². The van der Waals surface area contributed by atoms with Gasteiger partial charge in [0.15, 0.2) is 5.82 Å². The Balaban J connectivity index is 1.58. The Morgan fingerprint density at radius 1 is 1.08 bits per heavy atom. The van der Waals surface area contributed by atoms with Crippen LogP contribution in [0.15, 0.2) is 42.6 Å². The number of hydrogen-bond acceptors (Lipinski definition) is 3. The molecule has 4 rings (SSSR count). The van der Waals surface area contributed by atoms with Gasteiger partial charge in [-0.3, -0.25) is 0 Å². The van der Waals surface area contributed by atoms with Crippen molar-refractivity contribution in [3.63, 3.8) is 0 Å². The van der Waals surface area contributed by atoms with E-state index in [1.165, 1.54) is 0 Å². The molecule has 0 atom stereocenters. The van der Waals surface area contributed by atoms with Crippen LogP contribution < -0.4 is 10.2 Å². The van der Waals surface area contributed by atoms with Crippen LogP contribution in [0.4, 0.5) is 10.6 Å². The summed E-state index contributed by atoms with van der Waals surface area (Å²) in [5.74, 6) is 0.998. The molecule has 1 N–H and O–H groups in total. The second-order valence-electron chi connectivity index (χ2n) is 6.39. The third-order valence-corrected chi connectivity index (χ3v) is 4.74. The number of piperazine rings is 1. The highest BCUT2D eigenvalue weighted by Gasteiger charge is 2.23. The minimum Gasteiger partial charge on any atom is -0.351 e. The number of urea groups is 1. The summed E-state index contributed by atoms with van der Waals surface area (Å²) in [5.41, 5.74) is 3.22. The number of para-hydroxylation sites is 2. The molecule has 25 heavy (non-hydrogen) atoms. The largest absolute Gasteiger partial charge is 0.351 e. The molecular weight excluding hydrogens is 314 g/mol. The minimum absolute atomic E-state index is 0.0424. The van der Waals surface area contributed by atoms with E-state index in [9.17, 15) is 4.79 Å². The van der Waals surface area contributed by atoms with Gasteiger partial charge in [-0.05, 0) is 30.7 Å². The number of amides is 2. The van der Waals surface area contributed by atoms with Crippen molar-refractivity contribution in [2.45, 2.75) is 13.3 Å². The van der Waals surface area contributed by atoms with Gasteiger partial charge in [0.1, 0.15) is 0 Å². The molecule has 2 aromatic heterocycles. The number of hydrogen-bond donors (Lipinski definition) is 1. The molecule has 0 radical (unpaired) electrons. The molecular formula is C19H23N5O. The number of fused-ring (bicyclic) bond motifs is 3. The SMILES string of the molecule is CCCNC(=O)N1CCN(c2nc3ccccc3n3cccc23)CC1. The highest BCUT2D eigenvalue weighted by Crippen LogP contribution is 2.26. The molecule has 1 fully saturated rings. The second kappa shape index (κ2) is 6.63. The van der Waals surface area contributed by atoms with E-state index in [0.717, 1.165) is 61.5 Å². The molecule has 1 aliphatic heterocycles. The summed E-state index contributed by atoms with van der Waals surface area (Å²) in [7, 11) is 0. The van der Waals surface area contributed by atoms with Crippen molar-refractivity contribution in [2.75, 3.05) is 37.6 Å². The molecule has 1 saturated heterocycles. The summed E-state index contributed by atoms with van der Waals surface area (Å²) in [6, 6.07) is 12.4. The lowest BCUT2D eigenvalue weighted by molar-refractivity contribution is 0.194. The predicted octanol–water partition coefficient (Wildman–Crippen LogP) is 2.73. The number of nitrogens with zero attached hydrogens (tertiary/aromatic N) is 4. The van der Waals surface area contributed by atoms with Crippen LogP contribution in [0.5, 0.6) is 0 Å². The Morgan fingerprint density at radius 2 is 1.84 bits per heavy atom. The Kier molecular flexibility index (Phi) is 4.17. The summed E-state index contributed by atoms with van der Waals surface area (Å²) >= 11 is 0. The van der Waals surface area contributed by atoms with Crippen LogP contribution in [0.2, 0.25) is 0 Å². The van der Waals surface area contributed by atoms with Gasteiger partial charge in [0.2, 0.25) is 0 Å². The lowest BCUT2D eigenvalue weighted by Crippen LogP contribution is -2.52. The normalized spacial score (nSPS) is 15.1. The van der Waals surface area contributed by atoms with Gasteiger partial charge in [-0.25, -0.2) is 9.78 Å². The number of anilines is 1. The van der Waals surface area contributed by atoms with Crippen molar-refractivity contribution < 1.29 is 4.79 Å². The van der Waals surface area contributed by atoms with Gasteiger partial charge in [0, 0.05) is 38.9 Å². The maximum Gasteiger partial charge on any atom is 0.317 e. The van der Waals surface area contributed by atoms with Gasteiger partial charge in [-0.15, -0.1) is 0 Å². The van der Waals surface area contributed by atoms with Crippen molar-refractivity contribution in [2.24, 2.45) is 0 Å². The molecule has 130 valence electrons. The molecule has 0 spiro atoms. The minimum atomic E-state index is 0.0424. The lowest BCUT2D eigenvalue weighted by Gasteiger charge is -2.35. The Bertz CT molecular complexity index is 895. The molecule has 0 unspecified atom stereocenters. The predicted molar refractivity (Wildman–Crippen MR) is 100 cm³/mol. The van der Waals surface area contributed by atoms with E-state index in [2.05, 4.69) is 45.9 Å². The van der Waals surface area contributed by atoms with E-state index in [1.807, 2.05) is 23.1 Å². The topological polar surface area (TPSA) is 52.9 Å². The number of carbonyl (C=O) groups is 1. The maximum atomic E-state index is 12.1. The number of nitrogens with one attached hydrogen (secondary N) is 1. The Labute approximate surface area is 147 Å². The fourth-order valence-electron chi connectivity index (χ4n) is 3.40. The molecule has 3 heterocycles. The van der Waals surface area contributed by atoms with Crippen LogP contribution in [0.1, 0.15) is 13.3 Å². The first-order valence-electron chi connectivity index (χ1n) is 8.91. The third-order valence-electron chi connectivity index (χ3n) is 4.74. The van der Waals surface area contributed by atoms with E-state index in [0.29, 0.717) is 0 Å². The van der Waals surface area contributed by atoms with Crippen molar-refractivity contribution in [1.82, 2.24) is 19.6 Å². The molecule has 1 aromatic carbocycles. The summed E-state index contributed by atoms with van der Waals surface area (Å²) < 4.78 is 2.19. The van der Waals surface area contributed by atoms with Crippen LogP contribution in [0.3, 0.4) is 0 Å².